The Labute approximate surface area is 141 Å². The number of nitrogens with zero attached hydrogens (tertiary/aromatic N) is 3. The molecule has 4 aromatic rings. The number of para-hydroxylation sites is 1. The van der Waals surface area contributed by atoms with E-state index in [-0.39, 0.29) is 0 Å². The largest absolute Gasteiger partial charge is 0.370 e. The van der Waals surface area contributed by atoms with Gasteiger partial charge in [-0.05, 0) is 24.3 Å². The molecule has 0 saturated heterocycles. The quantitative estimate of drug-likeness (QED) is 0.421. The predicted molar refractivity (Wildman–Crippen MR) is 99.2 cm³/mol. The summed E-state index contributed by atoms with van der Waals surface area (Å²) in [5, 5.41) is 7.17. The SMILES string of the molecule is c1ccc2c(c1)nc(NCCCCn1ccnc1)c1ccccc12. The van der Waals surface area contributed by atoms with Gasteiger partial charge in [-0.3, -0.25) is 0 Å². The summed E-state index contributed by atoms with van der Waals surface area (Å²) >= 11 is 0. The normalized spacial score (nSPS) is 11.2. The second-order valence-electron chi connectivity index (χ2n) is 5.96. The molecule has 24 heavy (non-hydrogen) atoms. The fourth-order valence-electron chi connectivity index (χ4n) is 3.08. The van der Waals surface area contributed by atoms with Crippen LogP contribution in [0.1, 0.15) is 12.8 Å². The van der Waals surface area contributed by atoms with Gasteiger partial charge in [-0.1, -0.05) is 42.5 Å². The van der Waals surface area contributed by atoms with Crippen LogP contribution in [0, 0.1) is 0 Å². The maximum Gasteiger partial charge on any atom is 0.134 e. The molecular weight excluding hydrogens is 296 g/mol. The van der Waals surface area contributed by atoms with E-state index >= 15 is 0 Å². The molecule has 1 N–H and O–H groups in total. The Balaban J connectivity index is 1.50. The molecule has 0 radical (unpaired) electrons. The van der Waals surface area contributed by atoms with E-state index in [1.807, 2.05) is 24.8 Å². The average molecular weight is 316 g/mol. The lowest BCUT2D eigenvalue weighted by molar-refractivity contribution is 0.621. The summed E-state index contributed by atoms with van der Waals surface area (Å²) in [5.74, 6) is 0.979. The Bertz CT molecular complexity index is 944. The lowest BCUT2D eigenvalue weighted by atomic mass is 10.1. The van der Waals surface area contributed by atoms with Crippen LogP contribution in [-0.2, 0) is 6.54 Å². The molecule has 2 heterocycles. The van der Waals surface area contributed by atoms with E-state index in [4.69, 9.17) is 4.98 Å². The lowest BCUT2D eigenvalue weighted by Gasteiger charge is -2.11. The summed E-state index contributed by atoms with van der Waals surface area (Å²) in [4.78, 5) is 8.89. The van der Waals surface area contributed by atoms with Gasteiger partial charge >= 0.3 is 0 Å². The van der Waals surface area contributed by atoms with Gasteiger partial charge in [0.1, 0.15) is 5.82 Å². The minimum atomic E-state index is 0.921. The number of aromatic nitrogens is 3. The first-order valence-corrected chi connectivity index (χ1v) is 8.39. The molecule has 0 saturated carbocycles. The van der Waals surface area contributed by atoms with Crippen molar-refractivity contribution in [2.24, 2.45) is 0 Å². The van der Waals surface area contributed by atoms with Crippen LogP contribution in [0.4, 0.5) is 5.82 Å². The van der Waals surface area contributed by atoms with Crippen molar-refractivity contribution in [3.8, 4) is 0 Å². The summed E-state index contributed by atoms with van der Waals surface area (Å²) in [5.41, 5.74) is 1.04. The highest BCUT2D eigenvalue weighted by Gasteiger charge is 2.06. The van der Waals surface area contributed by atoms with Gasteiger partial charge in [0.15, 0.2) is 0 Å². The summed E-state index contributed by atoms with van der Waals surface area (Å²) in [6.45, 7) is 1.93. The molecule has 0 spiro atoms. The third-order valence-corrected chi connectivity index (χ3v) is 4.30. The highest BCUT2D eigenvalue weighted by atomic mass is 15.0. The summed E-state index contributed by atoms with van der Waals surface area (Å²) < 4.78 is 2.11. The molecule has 120 valence electrons. The molecule has 2 aromatic heterocycles. The fourth-order valence-corrected chi connectivity index (χ4v) is 3.08. The first-order valence-electron chi connectivity index (χ1n) is 8.39. The smallest absolute Gasteiger partial charge is 0.134 e. The van der Waals surface area contributed by atoms with E-state index in [0.717, 1.165) is 37.3 Å². The minimum absolute atomic E-state index is 0.921. The molecule has 0 fully saturated rings. The van der Waals surface area contributed by atoms with E-state index in [9.17, 15) is 0 Å². The topological polar surface area (TPSA) is 42.7 Å². The van der Waals surface area contributed by atoms with Crippen molar-refractivity contribution < 1.29 is 0 Å². The van der Waals surface area contributed by atoms with Crippen LogP contribution >= 0.6 is 0 Å². The highest BCUT2D eigenvalue weighted by Crippen LogP contribution is 2.28. The number of hydrogen-bond donors (Lipinski definition) is 1. The van der Waals surface area contributed by atoms with Crippen LogP contribution in [0.5, 0.6) is 0 Å². The van der Waals surface area contributed by atoms with Gasteiger partial charge in [-0.15, -0.1) is 0 Å². The van der Waals surface area contributed by atoms with Crippen LogP contribution in [-0.4, -0.2) is 21.1 Å². The monoisotopic (exact) mass is 316 g/mol. The third kappa shape index (κ3) is 2.95. The highest BCUT2D eigenvalue weighted by molar-refractivity contribution is 6.09. The summed E-state index contributed by atoms with van der Waals surface area (Å²) in [6.07, 6.45) is 7.91. The van der Waals surface area contributed by atoms with E-state index in [2.05, 4.69) is 57.3 Å². The molecule has 0 atom stereocenters. The first kappa shape index (κ1) is 14.7. The minimum Gasteiger partial charge on any atom is -0.370 e. The summed E-state index contributed by atoms with van der Waals surface area (Å²) in [6, 6.07) is 16.8. The lowest BCUT2D eigenvalue weighted by Crippen LogP contribution is -2.06. The van der Waals surface area contributed by atoms with Crippen molar-refractivity contribution in [3.63, 3.8) is 0 Å². The van der Waals surface area contributed by atoms with E-state index in [0.29, 0.717) is 0 Å². The molecular formula is C20H20N4. The average Bonchev–Trinajstić information content (AvgIpc) is 3.15. The zero-order chi connectivity index (χ0) is 16.2. The van der Waals surface area contributed by atoms with Gasteiger partial charge in [0.05, 0.1) is 11.8 Å². The number of hydrogen-bond acceptors (Lipinski definition) is 3. The Morgan fingerprint density at radius 3 is 2.50 bits per heavy atom. The Morgan fingerprint density at radius 1 is 0.875 bits per heavy atom. The maximum atomic E-state index is 4.82. The molecule has 4 rings (SSSR count). The van der Waals surface area contributed by atoms with Crippen molar-refractivity contribution in [2.45, 2.75) is 19.4 Å². The van der Waals surface area contributed by atoms with E-state index in [1.165, 1.54) is 16.2 Å². The van der Waals surface area contributed by atoms with E-state index < -0.39 is 0 Å². The molecule has 0 unspecified atom stereocenters. The second kappa shape index (κ2) is 6.71. The zero-order valence-electron chi connectivity index (χ0n) is 13.5. The van der Waals surface area contributed by atoms with Crippen LogP contribution in [0.3, 0.4) is 0 Å². The molecule has 0 bridgehead atoms. The van der Waals surface area contributed by atoms with Crippen molar-refractivity contribution in [1.82, 2.24) is 14.5 Å². The summed E-state index contributed by atoms with van der Waals surface area (Å²) in [7, 11) is 0. The van der Waals surface area contributed by atoms with Gasteiger partial charge in [0.25, 0.3) is 0 Å². The fraction of sp³-hybridized carbons (Fsp3) is 0.200. The number of aryl methyl sites for hydroxylation is 1. The maximum absolute atomic E-state index is 4.82. The number of unbranched alkanes of at least 4 members (excludes halogenated alkanes) is 1. The van der Waals surface area contributed by atoms with Crippen molar-refractivity contribution in [1.29, 1.82) is 0 Å². The number of anilines is 1. The zero-order valence-corrected chi connectivity index (χ0v) is 13.5. The number of fused-ring (bicyclic) bond motifs is 3. The Kier molecular flexibility index (Phi) is 4.11. The van der Waals surface area contributed by atoms with Crippen LogP contribution in [0.2, 0.25) is 0 Å². The standard InChI is InChI=1S/C20H20N4/c1-2-9-18-16(7-1)17-8-3-4-10-19(17)23-20(18)22-11-5-6-13-24-14-12-21-15-24/h1-4,7-10,12,14-15H,5-6,11,13H2,(H,22,23). The van der Waals surface area contributed by atoms with Crippen LogP contribution in [0.25, 0.3) is 21.7 Å². The van der Waals surface area contributed by atoms with Crippen molar-refractivity contribution >= 4 is 27.5 Å². The van der Waals surface area contributed by atoms with Crippen molar-refractivity contribution in [3.05, 3.63) is 67.3 Å². The van der Waals surface area contributed by atoms with Gasteiger partial charge in [0, 0.05) is 36.3 Å². The Hall–Kier alpha value is -2.88. The number of imidazole rings is 1. The third-order valence-electron chi connectivity index (χ3n) is 4.30. The Morgan fingerprint density at radius 2 is 1.67 bits per heavy atom. The van der Waals surface area contributed by atoms with Gasteiger partial charge in [-0.2, -0.15) is 0 Å². The van der Waals surface area contributed by atoms with Gasteiger partial charge < -0.3 is 9.88 Å². The number of pyridine rings is 1. The van der Waals surface area contributed by atoms with E-state index in [1.54, 1.807) is 0 Å². The first-order chi connectivity index (χ1) is 11.9. The van der Waals surface area contributed by atoms with Gasteiger partial charge in [-0.25, -0.2) is 9.97 Å². The molecule has 4 nitrogen and oxygen atoms in total. The number of rotatable bonds is 6. The molecule has 0 aliphatic rings. The predicted octanol–water partition coefficient (Wildman–Crippen LogP) is 4.48. The second-order valence-corrected chi connectivity index (χ2v) is 5.96. The molecule has 0 aliphatic heterocycles. The van der Waals surface area contributed by atoms with Crippen molar-refractivity contribution in [2.75, 3.05) is 11.9 Å². The van der Waals surface area contributed by atoms with Crippen LogP contribution in [0.15, 0.2) is 67.3 Å². The van der Waals surface area contributed by atoms with Crippen LogP contribution < -0.4 is 5.32 Å². The number of benzene rings is 2. The molecule has 0 aliphatic carbocycles. The molecule has 2 aromatic carbocycles. The number of nitrogens with one attached hydrogen (secondary N) is 1. The van der Waals surface area contributed by atoms with Gasteiger partial charge in [0.2, 0.25) is 0 Å². The molecule has 0 amide bonds. The molecule has 4 heteroatoms.